The number of fused-ring (bicyclic) bond motifs is 3. The molecule has 0 aliphatic carbocycles. The maximum Gasteiger partial charge on any atom is 0.209 e. The second-order valence-electron chi connectivity index (χ2n) is 6.72. The van der Waals surface area contributed by atoms with E-state index in [0.29, 0.717) is 0 Å². The number of nitrogens with zero attached hydrogens (tertiary/aromatic N) is 2. The monoisotopic (exact) mass is 337 g/mol. The number of hydrogen-bond donors (Lipinski definition) is 1. The third-order valence-corrected chi connectivity index (χ3v) is 4.95. The molecule has 0 amide bonds. The van der Waals surface area contributed by atoms with Gasteiger partial charge in [0.05, 0.1) is 17.1 Å². The van der Waals surface area contributed by atoms with E-state index in [-0.39, 0.29) is 6.04 Å². The number of para-hydroxylation sites is 2. The van der Waals surface area contributed by atoms with Crippen molar-refractivity contribution in [2.45, 2.75) is 13.0 Å². The van der Waals surface area contributed by atoms with Gasteiger partial charge in [0.1, 0.15) is 0 Å². The van der Waals surface area contributed by atoms with Crippen LogP contribution < -0.4 is 5.32 Å². The maximum atomic E-state index is 4.83. The summed E-state index contributed by atoms with van der Waals surface area (Å²) in [7, 11) is 0. The van der Waals surface area contributed by atoms with E-state index in [9.17, 15) is 0 Å². The number of benzene rings is 3. The molecule has 0 bridgehead atoms. The topological polar surface area (TPSA) is 29.9 Å². The number of anilines is 1. The fourth-order valence-electron chi connectivity index (χ4n) is 3.61. The highest BCUT2D eigenvalue weighted by Gasteiger charge is 2.24. The van der Waals surface area contributed by atoms with Crippen LogP contribution in [0.3, 0.4) is 0 Å². The molecule has 1 N–H and O–H groups in total. The van der Waals surface area contributed by atoms with E-state index in [4.69, 9.17) is 4.98 Å². The summed E-state index contributed by atoms with van der Waals surface area (Å²) in [5, 5.41) is 3.53. The van der Waals surface area contributed by atoms with Crippen LogP contribution in [0, 0.1) is 6.92 Å². The summed E-state index contributed by atoms with van der Waals surface area (Å²) in [6.07, 6.45) is 2.29. The average molecular weight is 337 g/mol. The van der Waals surface area contributed by atoms with Gasteiger partial charge in [0, 0.05) is 5.70 Å². The van der Waals surface area contributed by atoms with Crippen molar-refractivity contribution in [3.05, 3.63) is 102 Å². The van der Waals surface area contributed by atoms with Gasteiger partial charge >= 0.3 is 0 Å². The number of allylic oxidation sites excluding steroid dienone is 1. The first-order valence-corrected chi connectivity index (χ1v) is 8.87. The molecule has 1 aliphatic rings. The fraction of sp³-hybridized carbons (Fsp3) is 0.0870. The Morgan fingerprint density at radius 2 is 1.58 bits per heavy atom. The Hall–Kier alpha value is -3.33. The van der Waals surface area contributed by atoms with E-state index >= 15 is 0 Å². The van der Waals surface area contributed by atoms with Gasteiger partial charge in [-0.25, -0.2) is 4.98 Å². The minimum absolute atomic E-state index is 0.108. The van der Waals surface area contributed by atoms with Gasteiger partial charge in [0.2, 0.25) is 5.95 Å². The predicted molar refractivity (Wildman–Crippen MR) is 107 cm³/mol. The first-order valence-electron chi connectivity index (χ1n) is 8.87. The molecule has 1 aromatic heterocycles. The zero-order chi connectivity index (χ0) is 17.5. The van der Waals surface area contributed by atoms with Gasteiger partial charge in [-0.15, -0.1) is 0 Å². The highest BCUT2D eigenvalue weighted by molar-refractivity contribution is 5.85. The van der Waals surface area contributed by atoms with E-state index in [1.165, 1.54) is 16.7 Å². The van der Waals surface area contributed by atoms with Crippen LogP contribution in [0.1, 0.15) is 22.7 Å². The van der Waals surface area contributed by atoms with Crippen LogP contribution in [0.15, 0.2) is 84.9 Å². The number of aryl methyl sites for hydroxylation is 1. The molecule has 0 fully saturated rings. The van der Waals surface area contributed by atoms with E-state index in [0.717, 1.165) is 22.7 Å². The zero-order valence-corrected chi connectivity index (χ0v) is 14.6. The Morgan fingerprint density at radius 1 is 0.846 bits per heavy atom. The molecule has 1 aliphatic heterocycles. The lowest BCUT2D eigenvalue weighted by Crippen LogP contribution is -2.19. The second-order valence-corrected chi connectivity index (χ2v) is 6.72. The van der Waals surface area contributed by atoms with Crippen molar-refractivity contribution in [2.24, 2.45) is 0 Å². The Morgan fingerprint density at radius 3 is 2.38 bits per heavy atom. The van der Waals surface area contributed by atoms with Crippen LogP contribution in [0.25, 0.3) is 16.7 Å². The Labute approximate surface area is 152 Å². The standard InChI is InChI=1S/C23H19N3/c1-16-11-13-17(14-12-16)20-15-22(18-7-3-2-4-8-18)26-21-10-6-5-9-19(21)24-23(26)25-20/h2-15,22H,1H3,(H,24,25)/t22-/m1/s1. The molecule has 0 unspecified atom stereocenters. The van der Waals surface area contributed by atoms with E-state index in [1.807, 2.05) is 6.07 Å². The second kappa shape index (κ2) is 5.88. The fourth-order valence-corrected chi connectivity index (χ4v) is 3.61. The van der Waals surface area contributed by atoms with E-state index in [1.54, 1.807) is 0 Å². The summed E-state index contributed by atoms with van der Waals surface area (Å²) in [6, 6.07) is 27.6. The van der Waals surface area contributed by atoms with Crippen molar-refractivity contribution < 1.29 is 0 Å². The number of aromatic nitrogens is 2. The van der Waals surface area contributed by atoms with Gasteiger partial charge in [0.15, 0.2) is 0 Å². The molecule has 3 aromatic carbocycles. The van der Waals surface area contributed by atoms with E-state index in [2.05, 4.69) is 95.7 Å². The molecule has 0 saturated heterocycles. The van der Waals surface area contributed by atoms with Crippen LogP contribution in [0.2, 0.25) is 0 Å². The number of rotatable bonds is 2. The summed E-state index contributed by atoms with van der Waals surface area (Å²) in [5.41, 5.74) is 6.94. The summed E-state index contributed by atoms with van der Waals surface area (Å²) in [4.78, 5) is 4.83. The largest absolute Gasteiger partial charge is 0.325 e. The van der Waals surface area contributed by atoms with Crippen LogP contribution in [0.5, 0.6) is 0 Å². The predicted octanol–water partition coefficient (Wildman–Crippen LogP) is 5.40. The summed E-state index contributed by atoms with van der Waals surface area (Å²) in [6.45, 7) is 2.11. The van der Waals surface area contributed by atoms with Gasteiger partial charge in [-0.05, 0) is 36.3 Å². The minimum atomic E-state index is 0.108. The molecule has 26 heavy (non-hydrogen) atoms. The third kappa shape index (κ3) is 2.40. The maximum absolute atomic E-state index is 4.83. The first kappa shape index (κ1) is 15.0. The van der Waals surface area contributed by atoms with Gasteiger partial charge in [-0.3, -0.25) is 4.57 Å². The molecule has 126 valence electrons. The van der Waals surface area contributed by atoms with Crippen molar-refractivity contribution in [1.82, 2.24) is 9.55 Å². The van der Waals surface area contributed by atoms with Gasteiger partial charge in [-0.1, -0.05) is 72.3 Å². The highest BCUT2D eigenvalue weighted by atomic mass is 15.2. The average Bonchev–Trinajstić information content (AvgIpc) is 3.07. The molecule has 3 nitrogen and oxygen atoms in total. The molecular weight excluding hydrogens is 318 g/mol. The van der Waals surface area contributed by atoms with Gasteiger partial charge in [-0.2, -0.15) is 0 Å². The lowest BCUT2D eigenvalue weighted by atomic mass is 10.0. The van der Waals surface area contributed by atoms with Crippen LogP contribution in [-0.2, 0) is 0 Å². The summed E-state index contributed by atoms with van der Waals surface area (Å²) >= 11 is 0. The van der Waals surface area contributed by atoms with Crippen LogP contribution in [0.4, 0.5) is 5.95 Å². The Bertz CT molecular complexity index is 1110. The molecule has 0 spiro atoms. The SMILES string of the molecule is Cc1ccc(C2=C[C@H](c3ccccc3)n3c(nc4ccccc43)N2)cc1. The van der Waals surface area contributed by atoms with Crippen molar-refractivity contribution >= 4 is 22.7 Å². The van der Waals surface area contributed by atoms with Gasteiger partial charge in [0.25, 0.3) is 0 Å². The smallest absolute Gasteiger partial charge is 0.209 e. The van der Waals surface area contributed by atoms with Crippen molar-refractivity contribution in [3.63, 3.8) is 0 Å². The first-order chi connectivity index (χ1) is 12.8. The molecular formula is C23H19N3. The molecule has 3 heteroatoms. The molecule has 0 saturated carbocycles. The molecule has 1 atom stereocenters. The molecule has 4 aromatic rings. The van der Waals surface area contributed by atoms with E-state index < -0.39 is 0 Å². The van der Waals surface area contributed by atoms with Crippen molar-refractivity contribution in [1.29, 1.82) is 0 Å². The lowest BCUT2D eigenvalue weighted by Gasteiger charge is -2.26. The quantitative estimate of drug-likeness (QED) is 0.531. The van der Waals surface area contributed by atoms with Gasteiger partial charge < -0.3 is 5.32 Å². The normalized spacial score (nSPS) is 16.0. The lowest BCUT2D eigenvalue weighted by molar-refractivity contribution is 0.720. The molecule has 2 heterocycles. The number of nitrogens with one attached hydrogen (secondary N) is 1. The summed E-state index contributed by atoms with van der Waals surface area (Å²) in [5.74, 6) is 0.887. The zero-order valence-electron chi connectivity index (χ0n) is 14.6. The third-order valence-electron chi connectivity index (χ3n) is 4.95. The van der Waals surface area contributed by atoms with Crippen LogP contribution in [-0.4, -0.2) is 9.55 Å². The molecule has 5 rings (SSSR count). The highest BCUT2D eigenvalue weighted by Crippen LogP contribution is 2.36. The number of hydrogen-bond acceptors (Lipinski definition) is 2. The minimum Gasteiger partial charge on any atom is -0.325 e. The Kier molecular flexibility index (Phi) is 3.39. The summed E-state index contributed by atoms with van der Waals surface area (Å²) < 4.78 is 2.28. The van der Waals surface area contributed by atoms with Crippen molar-refractivity contribution in [3.8, 4) is 0 Å². The van der Waals surface area contributed by atoms with Crippen molar-refractivity contribution in [2.75, 3.05) is 5.32 Å². The van der Waals surface area contributed by atoms with Crippen LogP contribution >= 0.6 is 0 Å². The molecule has 0 radical (unpaired) electrons. The Balaban J connectivity index is 1.72. The number of imidazole rings is 1.